The van der Waals surface area contributed by atoms with Crippen LogP contribution >= 0.6 is 11.3 Å². The summed E-state index contributed by atoms with van der Waals surface area (Å²) >= 11 is 1.20. The van der Waals surface area contributed by atoms with Gasteiger partial charge in [0.15, 0.2) is 5.13 Å². The van der Waals surface area contributed by atoms with E-state index < -0.39 is 10.0 Å². The zero-order chi connectivity index (χ0) is 19.3. The molecular weight excluding hydrogens is 382 g/mol. The van der Waals surface area contributed by atoms with E-state index in [4.69, 9.17) is 0 Å². The summed E-state index contributed by atoms with van der Waals surface area (Å²) in [4.78, 5) is 16.3. The second kappa shape index (κ2) is 8.32. The quantitative estimate of drug-likeness (QED) is 0.622. The van der Waals surface area contributed by atoms with Crippen LogP contribution in [-0.2, 0) is 16.4 Å². The average molecular weight is 402 g/mol. The average Bonchev–Trinajstić information content (AvgIpc) is 3.15. The lowest BCUT2D eigenvalue weighted by molar-refractivity contribution is 0.102. The maximum Gasteiger partial charge on any atom is 0.263 e. The number of nitrogens with one attached hydrogen (secondary N) is 2. The Bertz CT molecular complexity index is 997. The van der Waals surface area contributed by atoms with Crippen molar-refractivity contribution in [1.82, 2.24) is 4.98 Å². The van der Waals surface area contributed by atoms with Crippen LogP contribution in [0.25, 0.3) is 0 Å². The van der Waals surface area contributed by atoms with Crippen molar-refractivity contribution in [2.24, 2.45) is 0 Å². The second-order valence-electron chi connectivity index (χ2n) is 5.87. The minimum Gasteiger partial charge on any atom is -0.322 e. The molecule has 3 rings (SSSR count). The molecule has 8 heteroatoms. The first kappa shape index (κ1) is 19.1. The van der Waals surface area contributed by atoms with E-state index in [0.29, 0.717) is 16.4 Å². The zero-order valence-electron chi connectivity index (χ0n) is 14.7. The van der Waals surface area contributed by atoms with Gasteiger partial charge in [-0.3, -0.25) is 9.52 Å². The van der Waals surface area contributed by atoms with Crippen LogP contribution in [0.1, 0.15) is 29.3 Å². The van der Waals surface area contributed by atoms with Crippen LogP contribution in [0.4, 0.5) is 10.8 Å². The molecule has 0 radical (unpaired) electrons. The summed E-state index contributed by atoms with van der Waals surface area (Å²) in [7, 11) is -3.71. The first-order valence-electron chi connectivity index (χ1n) is 8.40. The summed E-state index contributed by atoms with van der Waals surface area (Å²) in [5, 5.41) is 4.76. The van der Waals surface area contributed by atoms with Crippen molar-refractivity contribution in [1.29, 1.82) is 0 Å². The minimum atomic E-state index is -3.71. The molecule has 0 saturated carbocycles. The van der Waals surface area contributed by atoms with Gasteiger partial charge in [0, 0.05) is 22.8 Å². The van der Waals surface area contributed by atoms with Crippen LogP contribution in [-0.4, -0.2) is 19.3 Å². The maximum atomic E-state index is 12.3. The van der Waals surface area contributed by atoms with E-state index in [9.17, 15) is 13.2 Å². The molecule has 1 heterocycles. The van der Waals surface area contributed by atoms with Crippen molar-refractivity contribution in [2.75, 3.05) is 10.0 Å². The number of carbonyl (C=O) groups excluding carboxylic acids is 1. The van der Waals surface area contributed by atoms with Gasteiger partial charge in [0.2, 0.25) is 0 Å². The number of aromatic nitrogens is 1. The standard InChI is InChI=1S/C19H19N3O3S2/c1-2-3-14-4-6-15(7-5-14)18(23)21-16-8-10-17(11-9-16)27(24,25)22-19-20-12-13-26-19/h4-13H,2-3H2,1H3,(H,20,22)(H,21,23). The highest BCUT2D eigenvalue weighted by Gasteiger charge is 2.15. The Kier molecular flexibility index (Phi) is 5.88. The second-order valence-corrected chi connectivity index (χ2v) is 8.45. The van der Waals surface area contributed by atoms with Crippen LogP contribution in [0.3, 0.4) is 0 Å². The smallest absolute Gasteiger partial charge is 0.263 e. The predicted molar refractivity (Wildman–Crippen MR) is 108 cm³/mol. The van der Waals surface area contributed by atoms with Crippen molar-refractivity contribution in [3.63, 3.8) is 0 Å². The van der Waals surface area contributed by atoms with E-state index in [2.05, 4.69) is 21.9 Å². The SMILES string of the molecule is CCCc1ccc(C(=O)Nc2ccc(S(=O)(=O)Nc3nccs3)cc2)cc1. The summed E-state index contributed by atoms with van der Waals surface area (Å²) in [6.07, 6.45) is 3.56. The molecule has 0 saturated heterocycles. The number of hydrogen-bond donors (Lipinski definition) is 2. The molecule has 2 aromatic carbocycles. The van der Waals surface area contributed by atoms with E-state index >= 15 is 0 Å². The first-order valence-corrected chi connectivity index (χ1v) is 10.8. The van der Waals surface area contributed by atoms with Gasteiger partial charge in [-0.15, -0.1) is 11.3 Å². The fourth-order valence-corrected chi connectivity index (χ4v) is 4.27. The van der Waals surface area contributed by atoms with Gasteiger partial charge in [0.1, 0.15) is 0 Å². The van der Waals surface area contributed by atoms with Gasteiger partial charge in [-0.05, 0) is 48.4 Å². The molecule has 0 aliphatic rings. The van der Waals surface area contributed by atoms with E-state index in [-0.39, 0.29) is 10.8 Å². The Hall–Kier alpha value is -2.71. The molecule has 1 amide bonds. The molecular formula is C19H19N3O3S2. The largest absolute Gasteiger partial charge is 0.322 e. The van der Waals surface area contributed by atoms with Gasteiger partial charge >= 0.3 is 0 Å². The molecule has 2 N–H and O–H groups in total. The molecule has 0 fully saturated rings. The van der Waals surface area contributed by atoms with Crippen LogP contribution in [0, 0.1) is 0 Å². The Balaban J connectivity index is 1.67. The molecule has 6 nitrogen and oxygen atoms in total. The molecule has 27 heavy (non-hydrogen) atoms. The molecule has 0 bridgehead atoms. The lowest BCUT2D eigenvalue weighted by atomic mass is 10.1. The molecule has 0 aliphatic carbocycles. The van der Waals surface area contributed by atoms with E-state index in [1.165, 1.54) is 35.2 Å². The Morgan fingerprint density at radius 3 is 2.37 bits per heavy atom. The van der Waals surface area contributed by atoms with Crippen molar-refractivity contribution < 1.29 is 13.2 Å². The Morgan fingerprint density at radius 2 is 1.78 bits per heavy atom. The maximum absolute atomic E-state index is 12.3. The number of benzene rings is 2. The summed E-state index contributed by atoms with van der Waals surface area (Å²) in [5.74, 6) is -0.241. The molecule has 0 spiro atoms. The van der Waals surface area contributed by atoms with Crippen molar-refractivity contribution >= 4 is 38.1 Å². The van der Waals surface area contributed by atoms with Crippen molar-refractivity contribution in [2.45, 2.75) is 24.7 Å². The number of rotatable bonds is 7. The van der Waals surface area contributed by atoms with E-state index in [1.54, 1.807) is 29.6 Å². The first-order chi connectivity index (χ1) is 13.0. The highest BCUT2D eigenvalue weighted by atomic mass is 32.2. The third kappa shape index (κ3) is 4.93. The number of nitrogens with zero attached hydrogens (tertiary/aromatic N) is 1. The number of hydrogen-bond acceptors (Lipinski definition) is 5. The lowest BCUT2D eigenvalue weighted by Crippen LogP contribution is -2.14. The summed E-state index contributed by atoms with van der Waals surface area (Å²) in [5.41, 5.74) is 2.26. The van der Waals surface area contributed by atoms with Crippen LogP contribution in [0.2, 0.25) is 0 Å². The van der Waals surface area contributed by atoms with Gasteiger partial charge in [0.25, 0.3) is 15.9 Å². The number of thiazole rings is 1. The number of carbonyl (C=O) groups is 1. The topological polar surface area (TPSA) is 88.2 Å². The Morgan fingerprint density at radius 1 is 1.07 bits per heavy atom. The van der Waals surface area contributed by atoms with Crippen molar-refractivity contribution in [3.05, 3.63) is 71.2 Å². The van der Waals surface area contributed by atoms with Gasteiger partial charge in [-0.1, -0.05) is 25.5 Å². The molecule has 0 aliphatic heterocycles. The van der Waals surface area contributed by atoms with Gasteiger partial charge < -0.3 is 5.32 Å². The normalized spacial score (nSPS) is 11.1. The summed E-state index contributed by atoms with van der Waals surface area (Å²) in [6.45, 7) is 2.11. The molecule has 0 atom stereocenters. The predicted octanol–water partition coefficient (Wildman–Crippen LogP) is 4.15. The van der Waals surface area contributed by atoms with Gasteiger partial charge in [-0.2, -0.15) is 0 Å². The summed E-state index contributed by atoms with van der Waals surface area (Å²) in [6, 6.07) is 13.5. The van der Waals surface area contributed by atoms with Gasteiger partial charge in [-0.25, -0.2) is 13.4 Å². The van der Waals surface area contributed by atoms with E-state index in [0.717, 1.165) is 12.8 Å². The number of aryl methyl sites for hydroxylation is 1. The molecule has 140 valence electrons. The van der Waals surface area contributed by atoms with Crippen LogP contribution < -0.4 is 10.0 Å². The third-order valence-corrected chi connectivity index (χ3v) is 6.00. The molecule has 0 unspecified atom stereocenters. The zero-order valence-corrected chi connectivity index (χ0v) is 16.3. The van der Waals surface area contributed by atoms with Gasteiger partial charge in [0.05, 0.1) is 4.90 Å². The summed E-state index contributed by atoms with van der Waals surface area (Å²) < 4.78 is 27.0. The number of sulfonamides is 1. The third-order valence-electron chi connectivity index (χ3n) is 3.83. The fourth-order valence-electron chi connectivity index (χ4n) is 2.48. The number of anilines is 2. The van der Waals surface area contributed by atoms with Crippen LogP contribution in [0.15, 0.2) is 65.0 Å². The minimum absolute atomic E-state index is 0.0969. The number of amides is 1. The fraction of sp³-hybridized carbons (Fsp3) is 0.158. The lowest BCUT2D eigenvalue weighted by Gasteiger charge is -2.08. The molecule has 3 aromatic rings. The highest BCUT2D eigenvalue weighted by molar-refractivity contribution is 7.93. The van der Waals surface area contributed by atoms with Crippen molar-refractivity contribution in [3.8, 4) is 0 Å². The van der Waals surface area contributed by atoms with E-state index in [1.807, 2.05) is 12.1 Å². The monoisotopic (exact) mass is 401 g/mol. The van der Waals surface area contributed by atoms with Crippen LogP contribution in [0.5, 0.6) is 0 Å². The molecule has 1 aromatic heterocycles. The Labute approximate surface area is 162 Å². The highest BCUT2D eigenvalue weighted by Crippen LogP contribution is 2.20.